The summed E-state index contributed by atoms with van der Waals surface area (Å²) in [5.41, 5.74) is 0. The van der Waals surface area contributed by atoms with E-state index in [0.717, 1.165) is 96.3 Å². The minimum Gasteiger partial charge on any atom is -0.462 e. The molecule has 0 aromatic carbocycles. The molecule has 0 amide bonds. The highest BCUT2D eigenvalue weighted by Gasteiger charge is 2.19. The molecule has 0 aliphatic heterocycles. The van der Waals surface area contributed by atoms with Gasteiger partial charge in [-0.2, -0.15) is 0 Å². The first-order chi connectivity index (χ1) is 39.5. The zero-order chi connectivity index (χ0) is 57.8. The predicted molar refractivity (Wildman–Crippen MR) is 348 cm³/mol. The Morgan fingerprint density at radius 2 is 0.487 bits per heavy atom. The van der Waals surface area contributed by atoms with Crippen LogP contribution in [-0.4, -0.2) is 37.2 Å². The van der Waals surface area contributed by atoms with Crippen molar-refractivity contribution in [2.45, 2.75) is 380 Å². The van der Waals surface area contributed by atoms with Crippen LogP contribution in [0.4, 0.5) is 0 Å². The summed E-state index contributed by atoms with van der Waals surface area (Å²) in [6.07, 6.45) is 88.2. The van der Waals surface area contributed by atoms with E-state index in [0.29, 0.717) is 19.3 Å². The van der Waals surface area contributed by atoms with Gasteiger partial charge < -0.3 is 14.2 Å². The molecule has 0 N–H and O–H groups in total. The molecule has 0 aromatic heterocycles. The van der Waals surface area contributed by atoms with Gasteiger partial charge in [0.15, 0.2) is 6.10 Å². The number of allylic oxidation sites excluding steroid dienone is 10. The first kappa shape index (κ1) is 77.1. The van der Waals surface area contributed by atoms with E-state index >= 15 is 0 Å². The Hall–Kier alpha value is -2.89. The van der Waals surface area contributed by atoms with Crippen molar-refractivity contribution in [3.63, 3.8) is 0 Å². The quantitative estimate of drug-likeness (QED) is 0.0261. The van der Waals surface area contributed by atoms with Crippen molar-refractivity contribution in [2.75, 3.05) is 13.2 Å². The van der Waals surface area contributed by atoms with Crippen LogP contribution in [0.1, 0.15) is 374 Å². The number of carbonyl (C=O) groups is 3. The fraction of sp³-hybridized carbons (Fsp3) is 0.824. The van der Waals surface area contributed by atoms with Crippen LogP contribution >= 0.6 is 0 Å². The molecule has 6 nitrogen and oxygen atoms in total. The lowest BCUT2D eigenvalue weighted by Gasteiger charge is -2.18. The standard InChI is InChI=1S/C74H134O6/c1-4-7-10-13-16-19-22-25-27-29-31-33-35-36-37-39-40-42-44-46-49-52-55-58-61-64-67-73(76)79-70-71(69-78-72(75)66-63-60-57-54-51-48-24-21-18-15-12-9-6-3)80-74(77)68-65-62-59-56-53-50-47-45-43-41-38-34-32-30-28-26-23-20-17-14-11-8-5-2/h8,11,17,20,26,28,32,34,41,43,71H,4-7,9-10,12-16,18-19,21-25,27,29-31,33,35-40,42,44-70H2,1-3H3/b11-8-,20-17-,28-26-,34-32-,43-41-. The minimum absolute atomic E-state index is 0.0737. The molecule has 0 aromatic rings. The maximum Gasteiger partial charge on any atom is 0.306 e. The van der Waals surface area contributed by atoms with Crippen LogP contribution in [-0.2, 0) is 28.6 Å². The van der Waals surface area contributed by atoms with Crippen LogP contribution in [0, 0.1) is 0 Å². The normalized spacial score (nSPS) is 12.4. The lowest BCUT2D eigenvalue weighted by atomic mass is 10.0. The van der Waals surface area contributed by atoms with Gasteiger partial charge in [0.1, 0.15) is 13.2 Å². The van der Waals surface area contributed by atoms with Crippen molar-refractivity contribution in [3.8, 4) is 0 Å². The van der Waals surface area contributed by atoms with E-state index in [1.54, 1.807) is 0 Å². The van der Waals surface area contributed by atoms with E-state index < -0.39 is 6.10 Å². The molecule has 0 radical (unpaired) electrons. The molecular weight excluding hydrogens is 985 g/mol. The van der Waals surface area contributed by atoms with Gasteiger partial charge in [-0.1, -0.05) is 351 Å². The fourth-order valence-corrected chi connectivity index (χ4v) is 10.5. The minimum atomic E-state index is -0.779. The van der Waals surface area contributed by atoms with Gasteiger partial charge in [-0.15, -0.1) is 0 Å². The van der Waals surface area contributed by atoms with Crippen molar-refractivity contribution >= 4 is 17.9 Å². The van der Waals surface area contributed by atoms with Crippen LogP contribution in [0.15, 0.2) is 60.8 Å². The second-order valence-electron chi connectivity index (χ2n) is 23.8. The number of hydrogen-bond acceptors (Lipinski definition) is 6. The van der Waals surface area contributed by atoms with Gasteiger partial charge >= 0.3 is 17.9 Å². The lowest BCUT2D eigenvalue weighted by molar-refractivity contribution is -0.167. The average Bonchev–Trinajstić information content (AvgIpc) is 3.46. The van der Waals surface area contributed by atoms with E-state index in [9.17, 15) is 14.4 Å². The van der Waals surface area contributed by atoms with Crippen molar-refractivity contribution in [3.05, 3.63) is 60.8 Å². The summed E-state index contributed by atoms with van der Waals surface area (Å²) in [6.45, 7) is 6.58. The van der Waals surface area contributed by atoms with Crippen molar-refractivity contribution < 1.29 is 28.6 Å². The molecule has 0 saturated carbocycles. The van der Waals surface area contributed by atoms with Gasteiger partial charge in [0.2, 0.25) is 0 Å². The van der Waals surface area contributed by atoms with Crippen molar-refractivity contribution in [1.82, 2.24) is 0 Å². The summed E-state index contributed by atoms with van der Waals surface area (Å²) >= 11 is 0. The molecule has 0 bridgehead atoms. The molecule has 466 valence electrons. The third-order valence-corrected chi connectivity index (χ3v) is 15.8. The highest BCUT2D eigenvalue weighted by atomic mass is 16.6. The Labute approximate surface area is 498 Å². The maximum atomic E-state index is 12.9. The summed E-state index contributed by atoms with van der Waals surface area (Å²) in [6, 6.07) is 0. The monoisotopic (exact) mass is 1120 g/mol. The van der Waals surface area contributed by atoms with E-state index in [4.69, 9.17) is 14.2 Å². The zero-order valence-electron chi connectivity index (χ0n) is 53.6. The van der Waals surface area contributed by atoms with E-state index in [2.05, 4.69) is 81.5 Å². The average molecular weight is 1120 g/mol. The molecule has 80 heavy (non-hydrogen) atoms. The van der Waals surface area contributed by atoms with E-state index in [1.807, 2.05) is 0 Å². The molecule has 0 aliphatic carbocycles. The Bertz CT molecular complexity index is 1430. The predicted octanol–water partition coefficient (Wildman–Crippen LogP) is 24.3. The highest BCUT2D eigenvalue weighted by molar-refractivity contribution is 5.71. The van der Waals surface area contributed by atoms with Crippen molar-refractivity contribution in [2.24, 2.45) is 0 Å². The summed E-state index contributed by atoms with van der Waals surface area (Å²) in [7, 11) is 0. The highest BCUT2D eigenvalue weighted by Crippen LogP contribution is 2.18. The molecule has 0 heterocycles. The second-order valence-corrected chi connectivity index (χ2v) is 23.8. The lowest BCUT2D eigenvalue weighted by Crippen LogP contribution is -2.30. The molecule has 0 aliphatic rings. The van der Waals surface area contributed by atoms with Crippen molar-refractivity contribution in [1.29, 1.82) is 0 Å². The molecule has 1 unspecified atom stereocenters. The Kier molecular flexibility index (Phi) is 66.1. The molecule has 0 saturated heterocycles. The van der Waals surface area contributed by atoms with Crippen LogP contribution in [0.3, 0.4) is 0 Å². The van der Waals surface area contributed by atoms with Gasteiger partial charge in [0, 0.05) is 19.3 Å². The fourth-order valence-electron chi connectivity index (χ4n) is 10.5. The maximum absolute atomic E-state index is 12.9. The summed E-state index contributed by atoms with van der Waals surface area (Å²) in [5, 5.41) is 0. The molecule has 6 heteroatoms. The van der Waals surface area contributed by atoms with Gasteiger partial charge in [-0.25, -0.2) is 0 Å². The van der Waals surface area contributed by atoms with Gasteiger partial charge in [-0.05, 0) is 64.2 Å². The first-order valence-electron chi connectivity index (χ1n) is 35.3. The summed E-state index contributed by atoms with van der Waals surface area (Å²) < 4.78 is 17.0. The van der Waals surface area contributed by atoms with Gasteiger partial charge in [-0.3, -0.25) is 14.4 Å². The number of carbonyl (C=O) groups excluding carboxylic acids is 3. The van der Waals surface area contributed by atoms with Crippen LogP contribution < -0.4 is 0 Å². The van der Waals surface area contributed by atoms with Gasteiger partial charge in [0.05, 0.1) is 0 Å². The largest absolute Gasteiger partial charge is 0.462 e. The smallest absolute Gasteiger partial charge is 0.306 e. The summed E-state index contributed by atoms with van der Waals surface area (Å²) in [5.74, 6) is -0.860. The molecule has 0 spiro atoms. The Morgan fingerprint density at radius 3 is 0.762 bits per heavy atom. The number of rotatable bonds is 65. The molecule has 0 rings (SSSR count). The third-order valence-electron chi connectivity index (χ3n) is 15.8. The van der Waals surface area contributed by atoms with Gasteiger partial charge in [0.25, 0.3) is 0 Å². The van der Waals surface area contributed by atoms with Crippen LogP contribution in [0.5, 0.6) is 0 Å². The van der Waals surface area contributed by atoms with Crippen LogP contribution in [0.2, 0.25) is 0 Å². The SMILES string of the molecule is CC/C=C\C/C=C\C/C=C\C/C=C\C/C=C\CCCCCCCCCC(=O)OC(COC(=O)CCCCCCCCCCCCCCC)COC(=O)CCCCCCCCCCCCCCCCCCCCCCCCCCCC. The Balaban J connectivity index is 4.26. The zero-order valence-corrected chi connectivity index (χ0v) is 53.6. The number of hydrogen-bond donors (Lipinski definition) is 0. The molecule has 1 atom stereocenters. The molecule has 0 fully saturated rings. The number of ether oxygens (including phenoxy) is 3. The molecular formula is C74H134O6. The topological polar surface area (TPSA) is 78.9 Å². The summed E-state index contributed by atoms with van der Waals surface area (Å²) in [4.78, 5) is 38.4. The number of unbranched alkanes of at least 4 members (excludes halogenated alkanes) is 44. The van der Waals surface area contributed by atoms with Crippen LogP contribution in [0.25, 0.3) is 0 Å². The number of esters is 3. The van der Waals surface area contributed by atoms with E-state index in [1.165, 1.54) is 238 Å². The third kappa shape index (κ3) is 65.9. The second kappa shape index (κ2) is 68.6. The van der Waals surface area contributed by atoms with E-state index in [-0.39, 0.29) is 31.1 Å². The first-order valence-corrected chi connectivity index (χ1v) is 35.3. The Morgan fingerprint density at radius 1 is 0.263 bits per heavy atom.